The van der Waals surface area contributed by atoms with Gasteiger partial charge in [-0.25, -0.2) is 4.39 Å². The fourth-order valence-corrected chi connectivity index (χ4v) is 4.62. The van der Waals surface area contributed by atoms with E-state index in [0.717, 1.165) is 5.69 Å². The van der Waals surface area contributed by atoms with Crippen LogP contribution in [0.15, 0.2) is 84.5 Å². The monoisotopic (exact) mass is 606 g/mol. The lowest BCUT2D eigenvalue weighted by Crippen LogP contribution is -2.56. The molecule has 0 saturated carbocycles. The van der Waals surface area contributed by atoms with Gasteiger partial charge < -0.3 is 30.7 Å². The minimum Gasteiger partial charge on any atom is -0.492 e. The van der Waals surface area contributed by atoms with Crippen molar-refractivity contribution in [1.29, 1.82) is 5.26 Å². The quantitative estimate of drug-likeness (QED) is 0.115. The van der Waals surface area contributed by atoms with Crippen LogP contribution in [0.3, 0.4) is 0 Å². The van der Waals surface area contributed by atoms with E-state index in [1.54, 1.807) is 23.2 Å². The Balaban J connectivity index is 1.37. The van der Waals surface area contributed by atoms with Crippen LogP contribution < -0.4 is 25.8 Å². The average molecular weight is 607 g/mol. The van der Waals surface area contributed by atoms with Crippen LogP contribution in [0, 0.1) is 24.1 Å². The van der Waals surface area contributed by atoms with Gasteiger partial charge in [-0.3, -0.25) is 19.8 Å². The number of amides is 1. The standard InChI is InChI=1S/C33H31FN8O3/c1-4-32(43)42-18-23(19-42)40-29-13-25-28(14-30(29)44-5-2)39-16-21(15-35)33(25)41-27-9-8-24(12-26(27)34)45-31(36)10-11-37-22-7-6-20(3)38-17-22/h4,6-14,16-17,23,40H,1,5,18-19,36H2,2-3H3,(H,39,41)/b31-10+,37-11?. The third kappa shape index (κ3) is 7.17. The molecule has 1 aliphatic heterocycles. The molecule has 4 aromatic rings. The Labute approximate surface area is 259 Å². The number of benzene rings is 2. The number of nitriles is 1. The molecule has 45 heavy (non-hydrogen) atoms. The van der Waals surface area contributed by atoms with Crippen molar-refractivity contribution >= 4 is 45.8 Å². The van der Waals surface area contributed by atoms with E-state index in [9.17, 15) is 10.1 Å². The highest BCUT2D eigenvalue weighted by atomic mass is 19.1. The Hall–Kier alpha value is -5.96. The van der Waals surface area contributed by atoms with Crippen LogP contribution in [0.1, 0.15) is 18.2 Å². The number of halogens is 1. The topological polar surface area (TPSA) is 151 Å². The summed E-state index contributed by atoms with van der Waals surface area (Å²) in [5, 5.41) is 16.9. The summed E-state index contributed by atoms with van der Waals surface area (Å²) < 4.78 is 26.7. The molecule has 3 heterocycles. The van der Waals surface area contributed by atoms with Crippen molar-refractivity contribution in [3.8, 4) is 17.6 Å². The summed E-state index contributed by atoms with van der Waals surface area (Å²) in [6, 6.07) is 13.6. The SMILES string of the molecule is C=CC(=O)N1CC(Nc2cc3c(Nc4ccc(O/C(N)=C/C=Nc5ccc(C)nc5)cc4F)c(C#N)cnc3cc2OCC)C1. The zero-order valence-corrected chi connectivity index (χ0v) is 24.8. The van der Waals surface area contributed by atoms with E-state index in [-0.39, 0.29) is 34.8 Å². The Morgan fingerprint density at radius 3 is 2.73 bits per heavy atom. The molecule has 0 atom stereocenters. The molecule has 0 unspecified atom stereocenters. The molecule has 0 radical (unpaired) electrons. The highest BCUT2D eigenvalue weighted by Crippen LogP contribution is 2.37. The van der Waals surface area contributed by atoms with E-state index < -0.39 is 5.82 Å². The summed E-state index contributed by atoms with van der Waals surface area (Å²) in [4.78, 5) is 26.4. The number of fused-ring (bicyclic) bond motifs is 1. The van der Waals surface area contributed by atoms with Crippen LogP contribution in [-0.4, -0.2) is 52.7 Å². The number of hydrogen-bond donors (Lipinski definition) is 3. The first-order valence-corrected chi connectivity index (χ1v) is 14.1. The number of nitrogens with two attached hydrogens (primary N) is 1. The van der Waals surface area contributed by atoms with Crippen molar-refractivity contribution in [2.45, 2.75) is 19.9 Å². The van der Waals surface area contributed by atoms with E-state index in [1.807, 2.05) is 32.0 Å². The minimum absolute atomic E-state index is 0.00793. The van der Waals surface area contributed by atoms with Crippen molar-refractivity contribution in [2.24, 2.45) is 10.7 Å². The van der Waals surface area contributed by atoms with E-state index in [4.69, 9.17) is 15.2 Å². The molecule has 0 bridgehead atoms. The molecule has 1 fully saturated rings. The van der Waals surface area contributed by atoms with Crippen LogP contribution in [0.5, 0.6) is 11.5 Å². The lowest BCUT2D eigenvalue weighted by atomic mass is 10.1. The zero-order valence-electron chi connectivity index (χ0n) is 24.8. The van der Waals surface area contributed by atoms with Crippen LogP contribution in [0.2, 0.25) is 0 Å². The minimum atomic E-state index is -0.626. The van der Waals surface area contributed by atoms with Gasteiger partial charge in [-0.2, -0.15) is 5.26 Å². The third-order valence-electron chi connectivity index (χ3n) is 6.91. The highest BCUT2D eigenvalue weighted by molar-refractivity contribution is 5.99. The number of likely N-dealkylation sites (tertiary alicyclic amines) is 1. The summed E-state index contributed by atoms with van der Waals surface area (Å²) in [5.41, 5.74) is 9.39. The molecule has 228 valence electrons. The summed E-state index contributed by atoms with van der Waals surface area (Å²) in [6.45, 7) is 8.72. The van der Waals surface area contributed by atoms with Crippen molar-refractivity contribution in [1.82, 2.24) is 14.9 Å². The van der Waals surface area contributed by atoms with Crippen LogP contribution >= 0.6 is 0 Å². The number of nitrogens with zero attached hydrogens (tertiary/aromatic N) is 5. The first kappa shape index (κ1) is 30.5. The number of nitrogens with one attached hydrogen (secondary N) is 2. The third-order valence-corrected chi connectivity index (χ3v) is 6.91. The smallest absolute Gasteiger partial charge is 0.246 e. The van der Waals surface area contributed by atoms with Gasteiger partial charge in [0.25, 0.3) is 0 Å². The molecule has 11 nitrogen and oxygen atoms in total. The number of aryl methyl sites for hydroxylation is 1. The summed E-state index contributed by atoms with van der Waals surface area (Å²) >= 11 is 0. The first-order chi connectivity index (χ1) is 21.8. The number of aromatic nitrogens is 2. The normalized spacial score (nSPS) is 13.3. The Morgan fingerprint density at radius 1 is 1.22 bits per heavy atom. The van der Waals surface area contributed by atoms with Gasteiger partial charge in [-0.15, -0.1) is 0 Å². The van der Waals surface area contributed by atoms with Gasteiger partial charge in [-0.1, -0.05) is 6.58 Å². The van der Waals surface area contributed by atoms with Gasteiger partial charge in [0.15, 0.2) is 5.88 Å². The van der Waals surface area contributed by atoms with E-state index in [1.165, 1.54) is 36.7 Å². The largest absolute Gasteiger partial charge is 0.492 e. The number of carbonyl (C=O) groups excluding carboxylic acids is 1. The van der Waals surface area contributed by atoms with E-state index >= 15 is 4.39 Å². The highest BCUT2D eigenvalue weighted by Gasteiger charge is 2.30. The number of ether oxygens (including phenoxy) is 2. The number of rotatable bonds is 11. The first-order valence-electron chi connectivity index (χ1n) is 14.1. The van der Waals surface area contributed by atoms with Crippen LogP contribution in [0.4, 0.5) is 27.1 Å². The molecule has 2 aromatic heterocycles. The maximum atomic E-state index is 15.3. The predicted octanol–water partition coefficient (Wildman–Crippen LogP) is 5.48. The molecule has 2 aromatic carbocycles. The van der Waals surface area contributed by atoms with Crippen LogP contribution in [-0.2, 0) is 4.79 Å². The molecule has 1 aliphatic rings. The van der Waals surface area contributed by atoms with Gasteiger partial charge in [0, 0.05) is 54.8 Å². The molecule has 0 spiro atoms. The average Bonchev–Trinajstić information content (AvgIpc) is 3.01. The van der Waals surface area contributed by atoms with Crippen molar-refractivity contribution in [3.63, 3.8) is 0 Å². The number of carbonyl (C=O) groups is 1. The van der Waals surface area contributed by atoms with E-state index in [2.05, 4.69) is 38.2 Å². The lowest BCUT2D eigenvalue weighted by molar-refractivity contribution is -0.129. The van der Waals surface area contributed by atoms with Crippen LogP contribution in [0.25, 0.3) is 10.9 Å². The molecular formula is C33H31FN8O3. The number of anilines is 3. The van der Waals surface area contributed by atoms with Crippen molar-refractivity contribution in [3.05, 3.63) is 96.5 Å². The fourth-order valence-electron chi connectivity index (χ4n) is 4.62. The maximum absolute atomic E-state index is 15.3. The second-order valence-corrected chi connectivity index (χ2v) is 10.1. The molecule has 5 rings (SSSR count). The summed E-state index contributed by atoms with van der Waals surface area (Å²) in [7, 11) is 0. The van der Waals surface area contributed by atoms with Gasteiger partial charge in [0.1, 0.15) is 23.4 Å². The predicted molar refractivity (Wildman–Crippen MR) is 172 cm³/mol. The molecule has 1 amide bonds. The van der Waals surface area contributed by atoms with Gasteiger partial charge in [-0.05, 0) is 50.3 Å². The summed E-state index contributed by atoms with van der Waals surface area (Å²) in [6.07, 6.45) is 7.26. The molecule has 4 N–H and O–H groups in total. The Bertz CT molecular complexity index is 1840. The lowest BCUT2D eigenvalue weighted by Gasteiger charge is -2.39. The van der Waals surface area contributed by atoms with Crippen molar-refractivity contribution < 1.29 is 18.7 Å². The second kappa shape index (κ2) is 13.6. The Kier molecular flexibility index (Phi) is 9.19. The number of aliphatic imine (C=N–C) groups is 1. The fraction of sp³-hybridized carbons (Fsp3) is 0.182. The number of hydrogen-bond acceptors (Lipinski definition) is 10. The zero-order chi connectivity index (χ0) is 31.9. The molecule has 1 saturated heterocycles. The molecule has 0 aliphatic carbocycles. The molecule has 12 heteroatoms. The molecular weight excluding hydrogens is 575 g/mol. The van der Waals surface area contributed by atoms with Crippen molar-refractivity contribution in [2.75, 3.05) is 30.3 Å². The van der Waals surface area contributed by atoms with Gasteiger partial charge in [0.05, 0.1) is 52.7 Å². The Morgan fingerprint density at radius 2 is 2.04 bits per heavy atom. The summed E-state index contributed by atoms with van der Waals surface area (Å²) in [5.74, 6) is 0.00155. The second-order valence-electron chi connectivity index (χ2n) is 10.1. The number of pyridine rings is 2. The maximum Gasteiger partial charge on any atom is 0.246 e. The van der Waals surface area contributed by atoms with Gasteiger partial charge >= 0.3 is 0 Å². The van der Waals surface area contributed by atoms with E-state index in [0.29, 0.717) is 53.4 Å². The van der Waals surface area contributed by atoms with Gasteiger partial charge in [0.2, 0.25) is 5.91 Å². The number of allylic oxidation sites excluding steroid dienone is 1.